The summed E-state index contributed by atoms with van der Waals surface area (Å²) in [5.41, 5.74) is 9.03. The average Bonchev–Trinajstić information content (AvgIpc) is 3.50. The second kappa shape index (κ2) is 7.56. The fraction of sp³-hybridized carbons (Fsp3) is 0.0909. The van der Waals surface area contributed by atoms with Gasteiger partial charge in [-0.25, -0.2) is 9.97 Å². The first kappa shape index (κ1) is 21.2. The monoisotopic (exact) mass is 489 g/mol. The van der Waals surface area contributed by atoms with Crippen molar-refractivity contribution >= 4 is 27.3 Å². The molecule has 5 nitrogen and oxygen atoms in total. The third kappa shape index (κ3) is 2.99. The quantitative estimate of drug-likeness (QED) is 0.242. The van der Waals surface area contributed by atoms with Crippen molar-refractivity contribution in [2.75, 3.05) is 0 Å². The van der Waals surface area contributed by atoms with Crippen LogP contribution in [0.1, 0.15) is 25.0 Å². The molecule has 0 amide bonds. The van der Waals surface area contributed by atoms with Crippen molar-refractivity contribution in [2.24, 2.45) is 0 Å². The van der Waals surface area contributed by atoms with E-state index in [1.165, 1.54) is 43.8 Å². The number of rotatable bonds is 3. The van der Waals surface area contributed by atoms with Gasteiger partial charge < -0.3 is 0 Å². The van der Waals surface area contributed by atoms with E-state index in [0.29, 0.717) is 5.78 Å². The molecule has 0 bridgehead atoms. The van der Waals surface area contributed by atoms with Gasteiger partial charge in [-0.3, -0.25) is 14.4 Å². The number of imidazole rings is 1. The summed E-state index contributed by atoms with van der Waals surface area (Å²) in [5, 5.41) is 5.25. The minimum Gasteiger partial charge on any atom is -0.291 e. The summed E-state index contributed by atoms with van der Waals surface area (Å²) in [4.78, 5) is 17.9. The third-order valence-electron chi connectivity index (χ3n) is 7.99. The smallest absolute Gasteiger partial charge is 0.234 e. The number of hydrogen-bond donors (Lipinski definition) is 0. The maximum Gasteiger partial charge on any atom is 0.234 e. The molecule has 3 aromatic heterocycles. The van der Waals surface area contributed by atoms with E-state index >= 15 is 0 Å². The van der Waals surface area contributed by atoms with Crippen molar-refractivity contribution in [3.8, 4) is 33.6 Å². The van der Waals surface area contributed by atoms with E-state index in [2.05, 4.69) is 94.4 Å². The van der Waals surface area contributed by atoms with Gasteiger partial charge in [-0.05, 0) is 74.1 Å². The molecule has 0 fully saturated rings. The number of fused-ring (bicyclic) bond motifs is 1. The molecule has 0 atom stereocenters. The Kier molecular flexibility index (Phi) is 4.22. The van der Waals surface area contributed by atoms with Crippen LogP contribution in [0.5, 0.6) is 0 Å². The molecular weight excluding hydrogens is 466 g/mol. The van der Waals surface area contributed by atoms with Crippen molar-refractivity contribution < 1.29 is 0 Å². The van der Waals surface area contributed by atoms with E-state index in [1.54, 1.807) is 18.6 Å². The molecule has 1 aliphatic rings. The second-order valence-corrected chi connectivity index (χ2v) is 10.6. The molecule has 0 saturated heterocycles. The van der Waals surface area contributed by atoms with Gasteiger partial charge in [-0.2, -0.15) is 0 Å². The number of aromatic nitrogens is 5. The Bertz CT molecular complexity index is 2000. The predicted octanol–water partition coefficient (Wildman–Crippen LogP) is 7.47. The number of benzene rings is 4. The van der Waals surface area contributed by atoms with Gasteiger partial charge in [0.2, 0.25) is 5.78 Å². The van der Waals surface area contributed by atoms with Gasteiger partial charge in [-0.15, -0.1) is 0 Å². The SMILES string of the molecule is CC1(C)c2cc(-c3ccc(-c4cn5cccnc5n4)cc3)cc3ccc4cc(-c5cnccn5)cc1c4c23. The fourth-order valence-electron chi connectivity index (χ4n) is 6.03. The molecule has 180 valence electrons. The van der Waals surface area contributed by atoms with Crippen LogP contribution < -0.4 is 0 Å². The minimum absolute atomic E-state index is 0.127. The molecule has 3 heterocycles. The third-order valence-corrected chi connectivity index (χ3v) is 7.99. The van der Waals surface area contributed by atoms with Gasteiger partial charge in [0.1, 0.15) is 0 Å². The summed E-state index contributed by atoms with van der Waals surface area (Å²) in [6.07, 6.45) is 11.1. The first-order valence-corrected chi connectivity index (χ1v) is 12.8. The zero-order chi connectivity index (χ0) is 25.4. The molecule has 0 saturated carbocycles. The lowest BCUT2D eigenvalue weighted by Gasteiger charge is -2.23. The first-order chi connectivity index (χ1) is 18.6. The van der Waals surface area contributed by atoms with Gasteiger partial charge in [-0.1, -0.05) is 50.2 Å². The topological polar surface area (TPSA) is 56.0 Å². The Morgan fingerprint density at radius 1 is 0.658 bits per heavy atom. The Hall–Kier alpha value is -4.90. The largest absolute Gasteiger partial charge is 0.291 e. The van der Waals surface area contributed by atoms with E-state index in [4.69, 9.17) is 0 Å². The van der Waals surface area contributed by atoms with Crippen LogP contribution in [0, 0.1) is 0 Å². The van der Waals surface area contributed by atoms with Gasteiger partial charge in [0.05, 0.1) is 17.6 Å². The lowest BCUT2D eigenvalue weighted by atomic mass is 9.80. The minimum atomic E-state index is -0.127. The Labute approximate surface area is 219 Å². The molecule has 8 rings (SSSR count). The van der Waals surface area contributed by atoms with Crippen molar-refractivity contribution in [1.82, 2.24) is 24.3 Å². The molecule has 1 aliphatic carbocycles. The van der Waals surface area contributed by atoms with E-state index in [-0.39, 0.29) is 5.41 Å². The van der Waals surface area contributed by atoms with Crippen LogP contribution in [0.2, 0.25) is 0 Å². The molecule has 0 unspecified atom stereocenters. The van der Waals surface area contributed by atoms with Gasteiger partial charge >= 0.3 is 0 Å². The summed E-state index contributed by atoms with van der Waals surface area (Å²) in [6, 6.07) is 24.4. The van der Waals surface area contributed by atoms with Crippen LogP contribution in [0.15, 0.2) is 104 Å². The Morgan fingerprint density at radius 3 is 2.08 bits per heavy atom. The Morgan fingerprint density at radius 2 is 1.37 bits per heavy atom. The van der Waals surface area contributed by atoms with E-state index in [1.807, 2.05) is 29.1 Å². The van der Waals surface area contributed by atoms with Crippen molar-refractivity contribution in [1.29, 1.82) is 0 Å². The molecule has 38 heavy (non-hydrogen) atoms. The fourth-order valence-corrected chi connectivity index (χ4v) is 6.03. The van der Waals surface area contributed by atoms with Gasteiger partial charge in [0.25, 0.3) is 0 Å². The molecule has 0 spiro atoms. The van der Waals surface area contributed by atoms with Crippen LogP contribution in [0.3, 0.4) is 0 Å². The van der Waals surface area contributed by atoms with Crippen LogP contribution in [0.25, 0.3) is 61.0 Å². The zero-order valence-corrected chi connectivity index (χ0v) is 21.1. The lowest BCUT2D eigenvalue weighted by Crippen LogP contribution is -2.15. The van der Waals surface area contributed by atoms with E-state index in [0.717, 1.165) is 22.5 Å². The molecule has 0 N–H and O–H groups in total. The second-order valence-electron chi connectivity index (χ2n) is 10.6. The highest BCUT2D eigenvalue weighted by atomic mass is 15.1. The summed E-state index contributed by atoms with van der Waals surface area (Å²) < 4.78 is 1.95. The highest BCUT2D eigenvalue weighted by Crippen LogP contribution is 2.51. The van der Waals surface area contributed by atoms with Crippen molar-refractivity contribution in [3.63, 3.8) is 0 Å². The van der Waals surface area contributed by atoms with E-state index < -0.39 is 0 Å². The highest BCUT2D eigenvalue weighted by molar-refractivity contribution is 6.16. The summed E-state index contributed by atoms with van der Waals surface area (Å²) >= 11 is 0. The van der Waals surface area contributed by atoms with Crippen LogP contribution >= 0.6 is 0 Å². The molecule has 7 aromatic rings. The summed E-state index contributed by atoms with van der Waals surface area (Å²) in [5.74, 6) is 0.708. The van der Waals surface area contributed by atoms with Gasteiger partial charge in [0, 0.05) is 47.5 Å². The maximum atomic E-state index is 4.67. The zero-order valence-electron chi connectivity index (χ0n) is 21.1. The van der Waals surface area contributed by atoms with Crippen molar-refractivity contribution in [3.05, 3.63) is 115 Å². The van der Waals surface area contributed by atoms with Crippen molar-refractivity contribution in [2.45, 2.75) is 19.3 Å². The lowest BCUT2D eigenvalue weighted by molar-refractivity contribution is 0.663. The standard InChI is InChI=1S/C33H23N5/c1-33(2)26-16-24(20-4-6-21(7-5-20)29-19-38-13-3-10-36-32(38)37-29)14-22-8-9-23-15-25(28-18-34-11-12-35-28)17-27(33)31(23)30(22)26/h3-19H,1-2H3. The van der Waals surface area contributed by atoms with E-state index in [9.17, 15) is 0 Å². The summed E-state index contributed by atoms with van der Waals surface area (Å²) in [6.45, 7) is 4.67. The molecule has 0 radical (unpaired) electrons. The average molecular weight is 490 g/mol. The maximum absolute atomic E-state index is 4.67. The predicted molar refractivity (Wildman–Crippen MR) is 152 cm³/mol. The van der Waals surface area contributed by atoms with Crippen LogP contribution in [-0.2, 0) is 5.41 Å². The normalized spacial score (nSPS) is 13.7. The van der Waals surface area contributed by atoms with Gasteiger partial charge in [0.15, 0.2) is 0 Å². The highest BCUT2D eigenvalue weighted by Gasteiger charge is 2.35. The number of hydrogen-bond acceptors (Lipinski definition) is 4. The van der Waals surface area contributed by atoms with Crippen LogP contribution in [0.4, 0.5) is 0 Å². The summed E-state index contributed by atoms with van der Waals surface area (Å²) in [7, 11) is 0. The van der Waals surface area contributed by atoms with Crippen LogP contribution in [-0.4, -0.2) is 24.3 Å². The molecule has 4 aromatic carbocycles. The first-order valence-electron chi connectivity index (χ1n) is 12.8. The number of nitrogens with zero attached hydrogens (tertiary/aromatic N) is 5. The molecule has 0 aliphatic heterocycles. The Balaban J connectivity index is 1.24. The molecule has 5 heteroatoms. The molecular formula is C33H23N5.